The molecule has 0 saturated carbocycles. The van der Waals surface area contributed by atoms with Crippen LogP contribution in [0.25, 0.3) is 0 Å². The topological polar surface area (TPSA) is 15.3 Å². The highest BCUT2D eigenvalue weighted by Gasteiger charge is 2.22. The molecule has 0 spiro atoms. The molecule has 0 aliphatic carbocycles. The lowest BCUT2D eigenvalue weighted by atomic mass is 10.1. The second-order valence-electron chi connectivity index (χ2n) is 4.27. The summed E-state index contributed by atoms with van der Waals surface area (Å²) in [4.78, 5) is 2.25. The molecular formula is C10H19FN2. The third kappa shape index (κ3) is 2.64. The molecule has 0 aromatic heterocycles. The second kappa shape index (κ2) is 4.38. The normalized spacial score (nSPS) is 35.8. The lowest BCUT2D eigenvalue weighted by Crippen LogP contribution is -2.29. The Balaban J connectivity index is 1.62. The van der Waals surface area contributed by atoms with Gasteiger partial charge in [0, 0.05) is 19.1 Å². The van der Waals surface area contributed by atoms with E-state index in [4.69, 9.17) is 0 Å². The number of nitrogens with zero attached hydrogens (tertiary/aromatic N) is 1. The number of hydrogen-bond donors (Lipinski definition) is 1. The molecule has 2 atom stereocenters. The second-order valence-corrected chi connectivity index (χ2v) is 4.27. The molecule has 76 valence electrons. The first kappa shape index (κ1) is 9.41. The van der Waals surface area contributed by atoms with Gasteiger partial charge in [0.15, 0.2) is 0 Å². The van der Waals surface area contributed by atoms with E-state index in [1.54, 1.807) is 0 Å². The minimum absolute atomic E-state index is 0.559. The Morgan fingerprint density at radius 3 is 2.92 bits per heavy atom. The van der Waals surface area contributed by atoms with Crippen LogP contribution < -0.4 is 5.32 Å². The van der Waals surface area contributed by atoms with Crippen LogP contribution in [0.5, 0.6) is 0 Å². The van der Waals surface area contributed by atoms with E-state index in [0.29, 0.717) is 12.6 Å². The van der Waals surface area contributed by atoms with Crippen LogP contribution in [0.1, 0.15) is 25.7 Å². The molecule has 13 heavy (non-hydrogen) atoms. The fourth-order valence-corrected chi connectivity index (χ4v) is 2.33. The lowest BCUT2D eigenvalue weighted by Gasteiger charge is -2.17. The highest BCUT2D eigenvalue weighted by atomic mass is 19.1. The summed E-state index contributed by atoms with van der Waals surface area (Å²) in [5.74, 6) is 0. The summed E-state index contributed by atoms with van der Waals surface area (Å²) in [6, 6.07) is 0.707. The first-order valence-corrected chi connectivity index (χ1v) is 5.44. The van der Waals surface area contributed by atoms with Crippen LogP contribution >= 0.6 is 0 Å². The summed E-state index contributed by atoms with van der Waals surface area (Å²) in [7, 11) is 0. The minimum atomic E-state index is -0.559. The molecular weight excluding hydrogens is 167 g/mol. The Bertz CT molecular complexity index is 157. The number of hydrogen-bond acceptors (Lipinski definition) is 2. The lowest BCUT2D eigenvalue weighted by molar-refractivity contribution is 0.276. The monoisotopic (exact) mass is 186 g/mol. The molecule has 0 aromatic carbocycles. The van der Waals surface area contributed by atoms with Crippen LogP contribution in [-0.4, -0.2) is 43.3 Å². The molecule has 2 fully saturated rings. The van der Waals surface area contributed by atoms with E-state index in [0.717, 1.165) is 19.5 Å². The fraction of sp³-hybridized carbons (Fsp3) is 1.00. The highest BCUT2D eigenvalue weighted by Crippen LogP contribution is 2.15. The van der Waals surface area contributed by atoms with E-state index in [2.05, 4.69) is 10.2 Å². The number of halogens is 1. The molecule has 2 nitrogen and oxygen atoms in total. The number of rotatable bonds is 3. The fourth-order valence-electron chi connectivity index (χ4n) is 2.33. The Morgan fingerprint density at radius 2 is 2.31 bits per heavy atom. The summed E-state index contributed by atoms with van der Waals surface area (Å²) in [6.45, 7) is 3.90. The van der Waals surface area contributed by atoms with Gasteiger partial charge in [-0.25, -0.2) is 4.39 Å². The summed E-state index contributed by atoms with van der Waals surface area (Å²) < 4.78 is 12.8. The molecule has 1 N–H and O–H groups in total. The van der Waals surface area contributed by atoms with Crippen molar-refractivity contribution >= 4 is 0 Å². The van der Waals surface area contributed by atoms with E-state index in [1.165, 1.54) is 25.8 Å². The van der Waals surface area contributed by atoms with E-state index in [1.807, 2.05) is 0 Å². The van der Waals surface area contributed by atoms with E-state index >= 15 is 0 Å². The van der Waals surface area contributed by atoms with Crippen LogP contribution in [-0.2, 0) is 0 Å². The Kier molecular flexibility index (Phi) is 3.17. The molecule has 0 aromatic rings. The van der Waals surface area contributed by atoms with Crippen molar-refractivity contribution in [3.05, 3.63) is 0 Å². The zero-order valence-electron chi connectivity index (χ0n) is 8.14. The van der Waals surface area contributed by atoms with Crippen molar-refractivity contribution in [2.24, 2.45) is 0 Å². The van der Waals surface area contributed by atoms with E-state index < -0.39 is 6.17 Å². The largest absolute Gasteiger partial charge is 0.314 e. The van der Waals surface area contributed by atoms with E-state index in [-0.39, 0.29) is 0 Å². The van der Waals surface area contributed by atoms with Gasteiger partial charge in [-0.05, 0) is 38.8 Å². The number of alkyl halides is 1. The Hall–Kier alpha value is -0.150. The van der Waals surface area contributed by atoms with Crippen LogP contribution in [0.3, 0.4) is 0 Å². The molecule has 0 radical (unpaired) electrons. The summed E-state index contributed by atoms with van der Waals surface area (Å²) in [5, 5.41) is 3.47. The van der Waals surface area contributed by atoms with Gasteiger partial charge in [0.25, 0.3) is 0 Å². The third-order valence-electron chi connectivity index (χ3n) is 3.17. The molecule has 0 bridgehead atoms. The number of likely N-dealkylation sites (tertiary alicyclic amines) is 1. The zero-order valence-corrected chi connectivity index (χ0v) is 8.14. The maximum atomic E-state index is 12.8. The van der Waals surface area contributed by atoms with Crippen LogP contribution in [0.2, 0.25) is 0 Å². The van der Waals surface area contributed by atoms with E-state index in [9.17, 15) is 4.39 Å². The molecule has 2 rings (SSSR count). The summed E-state index contributed by atoms with van der Waals surface area (Å²) in [6.07, 6.45) is 4.02. The molecule has 2 aliphatic rings. The van der Waals surface area contributed by atoms with Gasteiger partial charge >= 0.3 is 0 Å². The quantitative estimate of drug-likeness (QED) is 0.712. The van der Waals surface area contributed by atoms with Gasteiger partial charge in [0.05, 0.1) is 0 Å². The first-order valence-electron chi connectivity index (χ1n) is 5.44. The predicted molar refractivity (Wildman–Crippen MR) is 51.6 cm³/mol. The van der Waals surface area contributed by atoms with Crippen molar-refractivity contribution in [1.29, 1.82) is 0 Å². The maximum Gasteiger partial charge on any atom is 0.114 e. The van der Waals surface area contributed by atoms with Gasteiger partial charge < -0.3 is 10.2 Å². The summed E-state index contributed by atoms with van der Waals surface area (Å²) in [5.41, 5.74) is 0. The van der Waals surface area contributed by atoms with Crippen molar-refractivity contribution < 1.29 is 4.39 Å². The predicted octanol–water partition coefficient (Wildman–Crippen LogP) is 1.17. The molecule has 3 heteroatoms. The van der Waals surface area contributed by atoms with Crippen molar-refractivity contribution in [1.82, 2.24) is 10.2 Å². The van der Waals surface area contributed by atoms with Gasteiger partial charge in [-0.15, -0.1) is 0 Å². The van der Waals surface area contributed by atoms with Crippen molar-refractivity contribution in [3.8, 4) is 0 Å². The van der Waals surface area contributed by atoms with Gasteiger partial charge in [0.1, 0.15) is 6.17 Å². The van der Waals surface area contributed by atoms with Gasteiger partial charge in [-0.2, -0.15) is 0 Å². The molecule has 0 amide bonds. The van der Waals surface area contributed by atoms with Crippen LogP contribution in [0.4, 0.5) is 4.39 Å². The van der Waals surface area contributed by atoms with Crippen molar-refractivity contribution in [2.45, 2.75) is 37.9 Å². The molecule has 2 unspecified atom stereocenters. The third-order valence-corrected chi connectivity index (χ3v) is 3.17. The molecule has 2 aliphatic heterocycles. The Morgan fingerprint density at radius 1 is 1.38 bits per heavy atom. The van der Waals surface area contributed by atoms with Crippen LogP contribution in [0.15, 0.2) is 0 Å². The van der Waals surface area contributed by atoms with Gasteiger partial charge in [0.2, 0.25) is 0 Å². The van der Waals surface area contributed by atoms with Crippen molar-refractivity contribution in [2.75, 3.05) is 26.2 Å². The standard InChI is InChI=1S/C10H19FN2/c11-9-3-6-13(8-9)7-4-10-2-1-5-12-10/h9-10,12H,1-8H2. The SMILES string of the molecule is FC1CCN(CCC2CCCN2)C1. The smallest absolute Gasteiger partial charge is 0.114 e. The van der Waals surface area contributed by atoms with Gasteiger partial charge in [-0.3, -0.25) is 0 Å². The molecule has 2 saturated heterocycles. The molecule has 2 heterocycles. The Labute approximate surface area is 79.5 Å². The average molecular weight is 186 g/mol. The zero-order chi connectivity index (χ0) is 9.10. The maximum absolute atomic E-state index is 12.8. The minimum Gasteiger partial charge on any atom is -0.314 e. The first-order chi connectivity index (χ1) is 6.34. The average Bonchev–Trinajstić information content (AvgIpc) is 2.71. The summed E-state index contributed by atoms with van der Waals surface area (Å²) >= 11 is 0. The van der Waals surface area contributed by atoms with Gasteiger partial charge in [-0.1, -0.05) is 0 Å². The highest BCUT2D eigenvalue weighted by molar-refractivity contribution is 4.79. The number of nitrogens with one attached hydrogen (secondary N) is 1. The van der Waals surface area contributed by atoms with Crippen molar-refractivity contribution in [3.63, 3.8) is 0 Å². The van der Waals surface area contributed by atoms with Crippen LogP contribution in [0, 0.1) is 0 Å².